The van der Waals surface area contributed by atoms with Gasteiger partial charge in [-0.15, -0.1) is 0 Å². The van der Waals surface area contributed by atoms with Gasteiger partial charge in [-0.25, -0.2) is 0 Å². The second-order valence-corrected chi connectivity index (χ2v) is 3.94. The SMILES string of the molecule is C.COc1ccccc1C.COc1ccccc1C. The summed E-state index contributed by atoms with van der Waals surface area (Å²) in [6, 6.07) is 15.9. The summed E-state index contributed by atoms with van der Waals surface area (Å²) in [6.07, 6.45) is 0. The molecule has 0 aliphatic carbocycles. The van der Waals surface area contributed by atoms with Crippen molar-refractivity contribution in [3.8, 4) is 11.5 Å². The van der Waals surface area contributed by atoms with Gasteiger partial charge < -0.3 is 9.47 Å². The number of aryl methyl sites for hydroxylation is 2. The summed E-state index contributed by atoms with van der Waals surface area (Å²) in [4.78, 5) is 0. The lowest BCUT2D eigenvalue weighted by molar-refractivity contribution is 0.411. The molecule has 0 bridgehead atoms. The first-order valence-corrected chi connectivity index (χ1v) is 5.88. The highest BCUT2D eigenvalue weighted by Gasteiger charge is 1.91. The van der Waals surface area contributed by atoms with Crippen LogP contribution in [0.5, 0.6) is 11.5 Å². The Bertz CT molecular complexity index is 433. The van der Waals surface area contributed by atoms with E-state index in [1.54, 1.807) is 14.2 Å². The summed E-state index contributed by atoms with van der Waals surface area (Å²) in [5, 5.41) is 0. The molecule has 0 radical (unpaired) electrons. The zero-order chi connectivity index (χ0) is 13.4. The Kier molecular flexibility index (Phi) is 8.10. The molecule has 104 valence electrons. The lowest BCUT2D eigenvalue weighted by Crippen LogP contribution is -1.84. The second kappa shape index (κ2) is 9.03. The van der Waals surface area contributed by atoms with Crippen molar-refractivity contribution < 1.29 is 9.47 Å². The van der Waals surface area contributed by atoms with Gasteiger partial charge in [0, 0.05) is 0 Å². The smallest absolute Gasteiger partial charge is 0.121 e. The topological polar surface area (TPSA) is 18.5 Å². The fraction of sp³-hybridized carbons (Fsp3) is 0.294. The Labute approximate surface area is 117 Å². The molecule has 2 heteroatoms. The van der Waals surface area contributed by atoms with Gasteiger partial charge in [0.1, 0.15) is 11.5 Å². The fourth-order valence-electron chi connectivity index (χ4n) is 1.57. The summed E-state index contributed by atoms with van der Waals surface area (Å²) in [7, 11) is 3.37. The maximum Gasteiger partial charge on any atom is 0.121 e. The van der Waals surface area contributed by atoms with Crippen LogP contribution in [-0.2, 0) is 0 Å². The van der Waals surface area contributed by atoms with Gasteiger partial charge in [-0.3, -0.25) is 0 Å². The summed E-state index contributed by atoms with van der Waals surface area (Å²) >= 11 is 0. The zero-order valence-corrected chi connectivity index (χ0v) is 11.4. The second-order valence-electron chi connectivity index (χ2n) is 3.94. The zero-order valence-electron chi connectivity index (χ0n) is 11.4. The molecular formula is C17H24O2. The molecule has 2 aromatic rings. The summed E-state index contributed by atoms with van der Waals surface area (Å²) in [5.41, 5.74) is 2.36. The van der Waals surface area contributed by atoms with E-state index in [0.717, 1.165) is 11.5 Å². The first kappa shape index (κ1) is 17.0. The van der Waals surface area contributed by atoms with Crippen molar-refractivity contribution in [2.45, 2.75) is 21.3 Å². The average Bonchev–Trinajstić information content (AvgIpc) is 2.41. The molecule has 0 N–H and O–H groups in total. The summed E-state index contributed by atoms with van der Waals surface area (Å²) < 4.78 is 10.1. The summed E-state index contributed by atoms with van der Waals surface area (Å²) in [6.45, 7) is 4.05. The largest absolute Gasteiger partial charge is 0.496 e. The molecule has 2 aromatic carbocycles. The van der Waals surface area contributed by atoms with Gasteiger partial charge in [-0.05, 0) is 37.1 Å². The molecule has 0 saturated carbocycles. The standard InChI is InChI=1S/2C8H10O.CH4/c2*1-7-5-3-4-6-8(7)9-2;/h2*3-6H,1-2H3;1H4. The maximum absolute atomic E-state index is 5.04. The quantitative estimate of drug-likeness (QED) is 0.783. The van der Waals surface area contributed by atoms with Gasteiger partial charge in [0.25, 0.3) is 0 Å². The van der Waals surface area contributed by atoms with Crippen LogP contribution in [0.15, 0.2) is 48.5 Å². The molecule has 0 aliphatic rings. The highest BCUT2D eigenvalue weighted by atomic mass is 16.5. The van der Waals surface area contributed by atoms with Crippen LogP contribution in [0.1, 0.15) is 18.6 Å². The van der Waals surface area contributed by atoms with E-state index < -0.39 is 0 Å². The Balaban J connectivity index is 0.000000324. The Morgan fingerprint density at radius 3 is 1.16 bits per heavy atom. The van der Waals surface area contributed by atoms with Crippen LogP contribution >= 0.6 is 0 Å². The number of hydrogen-bond acceptors (Lipinski definition) is 2. The molecule has 0 aromatic heterocycles. The van der Waals surface area contributed by atoms with Crippen molar-refractivity contribution in [1.82, 2.24) is 0 Å². The molecule has 0 unspecified atom stereocenters. The third kappa shape index (κ3) is 5.47. The highest BCUT2D eigenvalue weighted by Crippen LogP contribution is 2.15. The number of benzene rings is 2. The monoisotopic (exact) mass is 260 g/mol. The van der Waals surface area contributed by atoms with Crippen molar-refractivity contribution in [2.24, 2.45) is 0 Å². The van der Waals surface area contributed by atoms with Gasteiger partial charge in [-0.1, -0.05) is 43.8 Å². The first-order chi connectivity index (χ1) is 8.69. The molecule has 2 rings (SSSR count). The van der Waals surface area contributed by atoms with Crippen LogP contribution < -0.4 is 9.47 Å². The van der Waals surface area contributed by atoms with Gasteiger partial charge in [0.2, 0.25) is 0 Å². The van der Waals surface area contributed by atoms with Crippen molar-refractivity contribution in [1.29, 1.82) is 0 Å². The van der Waals surface area contributed by atoms with E-state index in [4.69, 9.17) is 9.47 Å². The maximum atomic E-state index is 5.04. The summed E-state index contributed by atoms with van der Waals surface area (Å²) in [5.74, 6) is 1.91. The van der Waals surface area contributed by atoms with Crippen molar-refractivity contribution in [2.75, 3.05) is 14.2 Å². The molecule has 0 saturated heterocycles. The van der Waals surface area contributed by atoms with E-state index in [0.29, 0.717) is 0 Å². The van der Waals surface area contributed by atoms with Crippen LogP contribution in [0.3, 0.4) is 0 Å². The molecule has 0 fully saturated rings. The molecule has 0 spiro atoms. The fourth-order valence-corrected chi connectivity index (χ4v) is 1.57. The lowest BCUT2D eigenvalue weighted by atomic mass is 10.2. The Morgan fingerprint density at radius 1 is 0.632 bits per heavy atom. The van der Waals surface area contributed by atoms with E-state index in [-0.39, 0.29) is 7.43 Å². The van der Waals surface area contributed by atoms with Crippen LogP contribution in [0.2, 0.25) is 0 Å². The molecule has 0 heterocycles. The van der Waals surface area contributed by atoms with Gasteiger partial charge in [0.15, 0.2) is 0 Å². The lowest BCUT2D eigenvalue weighted by Gasteiger charge is -2.00. The molecular weight excluding hydrogens is 236 g/mol. The number of hydrogen-bond donors (Lipinski definition) is 0. The molecule has 0 aliphatic heterocycles. The third-order valence-electron chi connectivity index (χ3n) is 2.63. The van der Waals surface area contributed by atoms with E-state index >= 15 is 0 Å². The number of ether oxygens (including phenoxy) is 2. The van der Waals surface area contributed by atoms with E-state index in [1.165, 1.54) is 11.1 Å². The van der Waals surface area contributed by atoms with Crippen LogP contribution in [0.4, 0.5) is 0 Å². The first-order valence-electron chi connectivity index (χ1n) is 5.88. The minimum Gasteiger partial charge on any atom is -0.496 e. The minimum absolute atomic E-state index is 0. The average molecular weight is 260 g/mol. The molecule has 0 amide bonds. The Morgan fingerprint density at radius 2 is 0.947 bits per heavy atom. The van der Waals surface area contributed by atoms with Gasteiger partial charge >= 0.3 is 0 Å². The van der Waals surface area contributed by atoms with E-state index in [9.17, 15) is 0 Å². The molecule has 2 nitrogen and oxygen atoms in total. The predicted octanol–water partition coefficient (Wildman–Crippen LogP) is 4.64. The van der Waals surface area contributed by atoms with Crippen LogP contribution in [0, 0.1) is 13.8 Å². The molecule has 0 atom stereocenters. The van der Waals surface area contributed by atoms with Crippen molar-refractivity contribution in [3.05, 3.63) is 59.7 Å². The Hall–Kier alpha value is -1.96. The predicted molar refractivity (Wildman–Crippen MR) is 82.2 cm³/mol. The van der Waals surface area contributed by atoms with Crippen molar-refractivity contribution in [3.63, 3.8) is 0 Å². The minimum atomic E-state index is 0. The number of rotatable bonds is 2. The normalized spacial score (nSPS) is 8.63. The highest BCUT2D eigenvalue weighted by molar-refractivity contribution is 5.32. The van der Waals surface area contributed by atoms with E-state index in [2.05, 4.69) is 0 Å². The van der Waals surface area contributed by atoms with E-state index in [1.807, 2.05) is 62.4 Å². The molecule has 19 heavy (non-hydrogen) atoms. The van der Waals surface area contributed by atoms with Gasteiger partial charge in [0.05, 0.1) is 14.2 Å². The van der Waals surface area contributed by atoms with Crippen LogP contribution in [-0.4, -0.2) is 14.2 Å². The van der Waals surface area contributed by atoms with Crippen molar-refractivity contribution >= 4 is 0 Å². The third-order valence-corrected chi connectivity index (χ3v) is 2.63. The number of methoxy groups -OCH3 is 2. The number of para-hydroxylation sites is 2. The van der Waals surface area contributed by atoms with Gasteiger partial charge in [-0.2, -0.15) is 0 Å². The van der Waals surface area contributed by atoms with Crippen LogP contribution in [0.25, 0.3) is 0 Å².